The maximum Gasteiger partial charge on any atom is 0.270 e. The molecule has 1 aliphatic rings. The van der Waals surface area contributed by atoms with Gasteiger partial charge in [-0.25, -0.2) is 4.90 Å². The summed E-state index contributed by atoms with van der Waals surface area (Å²) >= 11 is 0. The molecule has 3 amide bonds. The Bertz CT molecular complexity index is 1180. The van der Waals surface area contributed by atoms with Crippen LogP contribution in [0.25, 0.3) is 0 Å². The second-order valence-electron chi connectivity index (χ2n) is 7.22. The summed E-state index contributed by atoms with van der Waals surface area (Å²) in [6.07, 6.45) is 2.95. The first kappa shape index (κ1) is 20.9. The van der Waals surface area contributed by atoms with Gasteiger partial charge in [0.25, 0.3) is 17.5 Å². The normalized spacial score (nSPS) is 15.6. The van der Waals surface area contributed by atoms with E-state index in [0.29, 0.717) is 11.3 Å². The number of nitro benzene ring substituents is 1. The lowest BCUT2D eigenvalue weighted by molar-refractivity contribution is -0.384. The van der Waals surface area contributed by atoms with Crippen molar-refractivity contribution in [3.63, 3.8) is 0 Å². The van der Waals surface area contributed by atoms with E-state index in [2.05, 4.69) is 4.98 Å². The number of rotatable bonds is 6. The third-order valence-electron chi connectivity index (χ3n) is 5.15. The second kappa shape index (κ2) is 8.76. The number of nitrogens with zero attached hydrogens (tertiary/aromatic N) is 4. The first-order valence-electron chi connectivity index (χ1n) is 9.82. The van der Waals surface area contributed by atoms with Gasteiger partial charge in [0.15, 0.2) is 0 Å². The predicted octanol–water partition coefficient (Wildman–Crippen LogP) is 2.96. The maximum atomic E-state index is 13.4. The van der Waals surface area contributed by atoms with Crippen LogP contribution in [0.2, 0.25) is 0 Å². The Morgan fingerprint density at radius 1 is 1.09 bits per heavy atom. The molecule has 0 bridgehead atoms. The van der Waals surface area contributed by atoms with Gasteiger partial charge < -0.3 is 4.90 Å². The van der Waals surface area contributed by atoms with E-state index >= 15 is 0 Å². The molecule has 9 heteroatoms. The molecule has 1 unspecified atom stereocenters. The van der Waals surface area contributed by atoms with Crippen LogP contribution in [-0.2, 0) is 16.1 Å². The number of anilines is 1. The third kappa shape index (κ3) is 4.08. The number of pyridine rings is 1. The molecule has 9 nitrogen and oxygen atoms in total. The first-order chi connectivity index (χ1) is 15.5. The fourth-order valence-corrected chi connectivity index (χ4v) is 3.64. The molecule has 0 N–H and O–H groups in total. The fourth-order valence-electron chi connectivity index (χ4n) is 3.64. The fraction of sp³-hybridized carbons (Fsp3) is 0.130. The zero-order valence-corrected chi connectivity index (χ0v) is 16.8. The Morgan fingerprint density at radius 2 is 1.88 bits per heavy atom. The molecule has 2 heterocycles. The summed E-state index contributed by atoms with van der Waals surface area (Å²) < 4.78 is 0. The largest absolute Gasteiger partial charge is 0.322 e. The second-order valence-corrected chi connectivity index (χ2v) is 7.22. The smallest absolute Gasteiger partial charge is 0.270 e. The van der Waals surface area contributed by atoms with Crippen LogP contribution in [0.3, 0.4) is 0 Å². The monoisotopic (exact) mass is 430 g/mol. The summed E-state index contributed by atoms with van der Waals surface area (Å²) in [4.78, 5) is 56.3. The van der Waals surface area contributed by atoms with Crippen molar-refractivity contribution in [1.29, 1.82) is 0 Å². The molecule has 1 fully saturated rings. The zero-order valence-electron chi connectivity index (χ0n) is 16.8. The van der Waals surface area contributed by atoms with Crippen molar-refractivity contribution in [2.24, 2.45) is 0 Å². The Balaban J connectivity index is 1.71. The average molecular weight is 430 g/mol. The van der Waals surface area contributed by atoms with Crippen LogP contribution in [0.5, 0.6) is 0 Å². The summed E-state index contributed by atoms with van der Waals surface area (Å²) in [6, 6.07) is 16.2. The quantitative estimate of drug-likeness (QED) is 0.337. The summed E-state index contributed by atoms with van der Waals surface area (Å²) in [7, 11) is 0. The van der Waals surface area contributed by atoms with Gasteiger partial charge in [0.1, 0.15) is 6.04 Å². The molecule has 32 heavy (non-hydrogen) atoms. The molecule has 3 aromatic rings. The van der Waals surface area contributed by atoms with Gasteiger partial charge in [0.2, 0.25) is 5.91 Å². The summed E-state index contributed by atoms with van der Waals surface area (Å²) in [6.45, 7) is 0.0156. The van der Waals surface area contributed by atoms with E-state index in [-0.39, 0.29) is 24.2 Å². The topological polar surface area (TPSA) is 114 Å². The van der Waals surface area contributed by atoms with Gasteiger partial charge in [0.05, 0.1) is 17.0 Å². The number of nitro groups is 1. The van der Waals surface area contributed by atoms with Gasteiger partial charge in [-0.15, -0.1) is 0 Å². The number of carbonyl (C=O) groups excluding carboxylic acids is 3. The van der Waals surface area contributed by atoms with E-state index in [4.69, 9.17) is 0 Å². The van der Waals surface area contributed by atoms with Crippen molar-refractivity contribution in [2.45, 2.75) is 19.0 Å². The van der Waals surface area contributed by atoms with Gasteiger partial charge in [-0.2, -0.15) is 0 Å². The molecule has 2 aromatic carbocycles. The van der Waals surface area contributed by atoms with Crippen LogP contribution < -0.4 is 4.90 Å². The van der Waals surface area contributed by atoms with E-state index in [0.717, 1.165) is 11.0 Å². The standard InChI is InChI=1S/C23H18N4O5/c28-21-13-20(23(30)26(21)18-8-2-1-3-9-18)25(15-16-6-5-11-24-14-16)22(29)17-7-4-10-19(12-17)27(31)32/h1-12,14,20H,13,15H2. The van der Waals surface area contributed by atoms with Gasteiger partial charge in [-0.1, -0.05) is 30.3 Å². The third-order valence-corrected chi connectivity index (χ3v) is 5.15. The number of non-ortho nitro benzene ring substituents is 1. The lowest BCUT2D eigenvalue weighted by Crippen LogP contribution is -2.45. The average Bonchev–Trinajstić information content (AvgIpc) is 3.11. The molecular weight excluding hydrogens is 412 g/mol. The highest BCUT2D eigenvalue weighted by Crippen LogP contribution is 2.28. The minimum absolute atomic E-state index is 0.0156. The molecule has 160 valence electrons. The Hall–Kier alpha value is -4.40. The lowest BCUT2D eigenvalue weighted by Gasteiger charge is -2.27. The van der Waals surface area contributed by atoms with Crippen molar-refractivity contribution in [2.75, 3.05) is 4.90 Å². The molecule has 1 atom stereocenters. The molecule has 0 spiro atoms. The molecular formula is C23H18N4O5. The van der Waals surface area contributed by atoms with Crippen LogP contribution in [-0.4, -0.2) is 38.6 Å². The van der Waals surface area contributed by atoms with Crippen molar-refractivity contribution < 1.29 is 19.3 Å². The highest BCUT2D eigenvalue weighted by atomic mass is 16.6. The number of benzene rings is 2. The minimum Gasteiger partial charge on any atom is -0.322 e. The molecule has 1 aromatic heterocycles. The molecule has 1 saturated heterocycles. The Labute approximate surface area is 183 Å². The van der Waals surface area contributed by atoms with Crippen molar-refractivity contribution >= 4 is 29.1 Å². The molecule has 0 saturated carbocycles. The number of amides is 3. The van der Waals surface area contributed by atoms with Crippen LogP contribution in [0.1, 0.15) is 22.3 Å². The SMILES string of the molecule is O=C1CC(N(Cc2cccnc2)C(=O)c2cccc([N+](=O)[O-])c2)C(=O)N1c1ccccc1. The highest BCUT2D eigenvalue weighted by molar-refractivity contribution is 6.23. The summed E-state index contributed by atoms with van der Waals surface area (Å²) in [5.41, 5.74) is 0.900. The van der Waals surface area contributed by atoms with Crippen LogP contribution >= 0.6 is 0 Å². The highest BCUT2D eigenvalue weighted by Gasteiger charge is 2.44. The van der Waals surface area contributed by atoms with Crippen LogP contribution in [0, 0.1) is 10.1 Å². The number of hydrogen-bond donors (Lipinski definition) is 0. The van der Waals surface area contributed by atoms with Crippen molar-refractivity contribution in [3.8, 4) is 0 Å². The number of carbonyl (C=O) groups is 3. The minimum atomic E-state index is -1.05. The van der Waals surface area contributed by atoms with E-state index in [1.165, 1.54) is 23.1 Å². The molecule has 4 rings (SSSR count). The van der Waals surface area contributed by atoms with E-state index in [1.54, 1.807) is 54.9 Å². The first-order valence-corrected chi connectivity index (χ1v) is 9.82. The Morgan fingerprint density at radius 3 is 2.56 bits per heavy atom. The van der Waals surface area contributed by atoms with Gasteiger partial charge >= 0.3 is 0 Å². The summed E-state index contributed by atoms with van der Waals surface area (Å²) in [5, 5.41) is 11.2. The van der Waals surface area contributed by atoms with Gasteiger partial charge in [0, 0.05) is 36.6 Å². The van der Waals surface area contributed by atoms with E-state index in [9.17, 15) is 24.5 Å². The molecule has 1 aliphatic heterocycles. The van der Waals surface area contributed by atoms with E-state index in [1.807, 2.05) is 0 Å². The maximum absolute atomic E-state index is 13.4. The molecule has 0 aliphatic carbocycles. The van der Waals surface area contributed by atoms with Crippen LogP contribution in [0.4, 0.5) is 11.4 Å². The number of hydrogen-bond acceptors (Lipinski definition) is 6. The number of imide groups is 1. The predicted molar refractivity (Wildman–Crippen MR) is 115 cm³/mol. The van der Waals surface area contributed by atoms with Crippen LogP contribution in [0.15, 0.2) is 79.1 Å². The summed E-state index contributed by atoms with van der Waals surface area (Å²) in [5.74, 6) is -1.53. The van der Waals surface area contributed by atoms with Gasteiger partial charge in [-0.3, -0.25) is 29.5 Å². The van der Waals surface area contributed by atoms with Crippen molar-refractivity contribution in [3.05, 3.63) is 100 Å². The van der Waals surface area contributed by atoms with Gasteiger partial charge in [-0.05, 0) is 29.8 Å². The zero-order chi connectivity index (χ0) is 22.7. The Kier molecular flexibility index (Phi) is 5.71. The van der Waals surface area contributed by atoms with E-state index < -0.39 is 28.7 Å². The number of aromatic nitrogens is 1. The molecule has 0 radical (unpaired) electrons. The van der Waals surface area contributed by atoms with Crippen molar-refractivity contribution in [1.82, 2.24) is 9.88 Å². The number of para-hydroxylation sites is 1. The lowest BCUT2D eigenvalue weighted by atomic mass is 10.1.